The van der Waals surface area contributed by atoms with Crippen molar-refractivity contribution in [2.24, 2.45) is 0 Å². The minimum atomic E-state index is -2.99. The van der Waals surface area contributed by atoms with E-state index >= 15 is 0 Å². The molecule has 1 fully saturated rings. The Hall–Kier alpha value is -0.0900. The Bertz CT molecular complexity index is 243. The van der Waals surface area contributed by atoms with Gasteiger partial charge in [-0.3, -0.25) is 0 Å². The second-order valence-electron chi connectivity index (χ2n) is 4.13. The normalized spacial score (nSPS) is 19.8. The highest BCUT2D eigenvalue weighted by molar-refractivity contribution is 7.89. The predicted octanol–water partition coefficient (Wildman–Crippen LogP) is 2.04. The summed E-state index contributed by atoms with van der Waals surface area (Å²) in [4.78, 5) is 0. The van der Waals surface area contributed by atoms with Crippen molar-refractivity contribution in [2.75, 3.05) is 5.75 Å². The molecule has 14 heavy (non-hydrogen) atoms. The van der Waals surface area contributed by atoms with E-state index in [2.05, 4.69) is 4.72 Å². The predicted molar refractivity (Wildman–Crippen MR) is 58.7 cm³/mol. The van der Waals surface area contributed by atoms with Crippen LogP contribution in [0.25, 0.3) is 0 Å². The highest BCUT2D eigenvalue weighted by atomic mass is 32.2. The van der Waals surface area contributed by atoms with E-state index in [4.69, 9.17) is 0 Å². The van der Waals surface area contributed by atoms with Gasteiger partial charge in [0.05, 0.1) is 5.75 Å². The van der Waals surface area contributed by atoms with E-state index in [0.717, 1.165) is 25.7 Å². The lowest BCUT2D eigenvalue weighted by molar-refractivity contribution is 0.412. The van der Waals surface area contributed by atoms with E-state index < -0.39 is 10.0 Å². The lowest BCUT2D eigenvalue weighted by Crippen LogP contribution is -2.37. The standard InChI is InChI=1S/C10H21NO2S/c1-2-3-9-14(12,13)11-10-7-5-4-6-8-10/h10-11H,2-9H2,1H3. The summed E-state index contributed by atoms with van der Waals surface area (Å²) < 4.78 is 25.9. The maximum atomic E-state index is 11.5. The molecule has 4 heteroatoms. The molecule has 1 N–H and O–H groups in total. The number of nitrogens with one attached hydrogen (secondary N) is 1. The van der Waals surface area contributed by atoms with Gasteiger partial charge in [0, 0.05) is 6.04 Å². The molecule has 84 valence electrons. The van der Waals surface area contributed by atoms with Gasteiger partial charge in [0.2, 0.25) is 10.0 Å². The number of hydrogen-bond acceptors (Lipinski definition) is 2. The highest BCUT2D eigenvalue weighted by Gasteiger charge is 2.19. The van der Waals surface area contributed by atoms with E-state index in [1.165, 1.54) is 19.3 Å². The summed E-state index contributed by atoms with van der Waals surface area (Å²) in [5.41, 5.74) is 0. The zero-order valence-corrected chi connectivity index (χ0v) is 9.78. The van der Waals surface area contributed by atoms with Crippen molar-refractivity contribution in [3.63, 3.8) is 0 Å². The van der Waals surface area contributed by atoms with Crippen molar-refractivity contribution in [3.05, 3.63) is 0 Å². The number of unbranched alkanes of at least 4 members (excludes halogenated alkanes) is 1. The molecule has 1 rings (SSSR count). The molecule has 1 aliphatic carbocycles. The average molecular weight is 219 g/mol. The van der Waals surface area contributed by atoms with Crippen LogP contribution in [0.15, 0.2) is 0 Å². The van der Waals surface area contributed by atoms with Gasteiger partial charge < -0.3 is 0 Å². The zero-order valence-electron chi connectivity index (χ0n) is 8.96. The molecule has 0 aromatic rings. The number of rotatable bonds is 5. The maximum Gasteiger partial charge on any atom is 0.211 e. The molecule has 0 amide bonds. The van der Waals surface area contributed by atoms with E-state index in [1.54, 1.807) is 0 Å². The molecule has 0 bridgehead atoms. The van der Waals surface area contributed by atoms with Crippen molar-refractivity contribution in [1.29, 1.82) is 0 Å². The topological polar surface area (TPSA) is 46.2 Å². The first-order chi connectivity index (χ1) is 6.64. The van der Waals surface area contributed by atoms with Gasteiger partial charge in [-0.25, -0.2) is 13.1 Å². The lowest BCUT2D eigenvalue weighted by atomic mass is 9.96. The average Bonchev–Trinajstić information content (AvgIpc) is 2.16. The van der Waals surface area contributed by atoms with Gasteiger partial charge in [-0.1, -0.05) is 32.6 Å². The minimum Gasteiger partial charge on any atom is -0.212 e. The monoisotopic (exact) mass is 219 g/mol. The van der Waals surface area contributed by atoms with Crippen molar-refractivity contribution < 1.29 is 8.42 Å². The summed E-state index contributed by atoms with van der Waals surface area (Å²) in [5.74, 6) is 0.292. The first-order valence-electron chi connectivity index (χ1n) is 5.64. The fraction of sp³-hybridized carbons (Fsp3) is 1.00. The molecule has 1 aliphatic rings. The molecule has 0 radical (unpaired) electrons. The lowest BCUT2D eigenvalue weighted by Gasteiger charge is -2.22. The molecular formula is C10H21NO2S. The Labute approximate surface area is 87.3 Å². The first-order valence-corrected chi connectivity index (χ1v) is 7.29. The quantitative estimate of drug-likeness (QED) is 0.769. The first kappa shape index (κ1) is 12.0. The van der Waals surface area contributed by atoms with Crippen molar-refractivity contribution in [1.82, 2.24) is 4.72 Å². The van der Waals surface area contributed by atoms with Gasteiger partial charge in [-0.2, -0.15) is 0 Å². The number of hydrogen-bond donors (Lipinski definition) is 1. The van der Waals surface area contributed by atoms with Crippen LogP contribution in [0, 0.1) is 0 Å². The maximum absolute atomic E-state index is 11.5. The Morgan fingerprint density at radius 1 is 1.21 bits per heavy atom. The largest absolute Gasteiger partial charge is 0.212 e. The molecule has 0 aliphatic heterocycles. The second-order valence-corrected chi connectivity index (χ2v) is 6.00. The summed E-state index contributed by atoms with van der Waals surface area (Å²) >= 11 is 0. The SMILES string of the molecule is CCCCS(=O)(=O)NC1CCCCC1. The molecule has 0 aromatic carbocycles. The molecule has 0 spiro atoms. The molecule has 0 unspecified atom stereocenters. The van der Waals surface area contributed by atoms with Gasteiger partial charge in [0.1, 0.15) is 0 Å². The van der Waals surface area contributed by atoms with Crippen molar-refractivity contribution >= 4 is 10.0 Å². The van der Waals surface area contributed by atoms with Gasteiger partial charge in [-0.15, -0.1) is 0 Å². The van der Waals surface area contributed by atoms with Crippen molar-refractivity contribution in [2.45, 2.75) is 57.9 Å². The summed E-state index contributed by atoms with van der Waals surface area (Å²) in [6, 6.07) is 0.214. The van der Waals surface area contributed by atoms with Crippen LogP contribution in [-0.2, 0) is 10.0 Å². The van der Waals surface area contributed by atoms with E-state index in [0.29, 0.717) is 5.75 Å². The molecule has 0 aromatic heterocycles. The summed E-state index contributed by atoms with van der Waals surface area (Å²) in [6.45, 7) is 2.01. The van der Waals surface area contributed by atoms with Crippen LogP contribution < -0.4 is 4.72 Å². The van der Waals surface area contributed by atoms with Gasteiger partial charge in [-0.05, 0) is 19.3 Å². The second kappa shape index (κ2) is 5.71. The fourth-order valence-corrected chi connectivity index (χ4v) is 3.40. The van der Waals surface area contributed by atoms with Crippen LogP contribution in [0.4, 0.5) is 0 Å². The smallest absolute Gasteiger partial charge is 0.211 e. The van der Waals surface area contributed by atoms with Gasteiger partial charge in [0.15, 0.2) is 0 Å². The Morgan fingerprint density at radius 2 is 1.86 bits per heavy atom. The highest BCUT2D eigenvalue weighted by Crippen LogP contribution is 2.18. The van der Waals surface area contributed by atoms with Crippen LogP contribution in [0.2, 0.25) is 0 Å². The van der Waals surface area contributed by atoms with E-state index in [-0.39, 0.29) is 6.04 Å². The summed E-state index contributed by atoms with van der Waals surface area (Å²) in [5, 5.41) is 0. The van der Waals surface area contributed by atoms with E-state index in [9.17, 15) is 8.42 Å². The molecule has 0 saturated heterocycles. The molecular weight excluding hydrogens is 198 g/mol. The van der Waals surface area contributed by atoms with Crippen LogP contribution in [0.3, 0.4) is 0 Å². The van der Waals surface area contributed by atoms with Crippen LogP contribution in [-0.4, -0.2) is 20.2 Å². The summed E-state index contributed by atoms with van der Waals surface area (Å²) in [7, 11) is -2.99. The van der Waals surface area contributed by atoms with Gasteiger partial charge >= 0.3 is 0 Å². The molecule has 0 atom stereocenters. The third-order valence-electron chi connectivity index (χ3n) is 2.72. The van der Waals surface area contributed by atoms with Gasteiger partial charge in [0.25, 0.3) is 0 Å². The molecule has 1 saturated carbocycles. The fourth-order valence-electron chi connectivity index (χ4n) is 1.87. The third kappa shape index (κ3) is 4.42. The molecule has 0 heterocycles. The Morgan fingerprint density at radius 3 is 2.43 bits per heavy atom. The zero-order chi connectivity index (χ0) is 10.4. The Balaban J connectivity index is 2.33. The molecule has 3 nitrogen and oxygen atoms in total. The number of sulfonamides is 1. The third-order valence-corrected chi connectivity index (χ3v) is 4.24. The van der Waals surface area contributed by atoms with Crippen molar-refractivity contribution in [3.8, 4) is 0 Å². The minimum absolute atomic E-state index is 0.214. The van der Waals surface area contributed by atoms with E-state index in [1.807, 2.05) is 6.92 Å². The van der Waals surface area contributed by atoms with Crippen LogP contribution >= 0.6 is 0 Å². The van der Waals surface area contributed by atoms with Crippen LogP contribution in [0.5, 0.6) is 0 Å². The summed E-state index contributed by atoms with van der Waals surface area (Å²) in [6.07, 6.45) is 7.33. The Kier molecular flexibility index (Phi) is 4.89. The van der Waals surface area contributed by atoms with Crippen LogP contribution in [0.1, 0.15) is 51.9 Å².